The molecule has 0 aromatic heterocycles. The maximum atomic E-state index is 6.67. The Labute approximate surface area is 212 Å². The molecule has 1 fully saturated rings. The normalized spacial score (nSPS) is 19.1. The van der Waals surface area contributed by atoms with Gasteiger partial charge in [-0.25, -0.2) is 0 Å². The van der Waals surface area contributed by atoms with Gasteiger partial charge in [-0.1, -0.05) is 0 Å². The molecule has 1 atom stereocenters. The van der Waals surface area contributed by atoms with Crippen molar-refractivity contribution < 1.29 is 9.31 Å². The molecular weight excluding hydrogens is 526 g/mol. The first-order chi connectivity index (χ1) is 15.5. The number of benzene rings is 1. The molecule has 0 radical (unpaired) electrons. The van der Waals surface area contributed by atoms with Crippen molar-refractivity contribution >= 4 is 38.8 Å². The fraction of sp³-hybridized carbons (Fsp3) is 0.786. The molecule has 0 aliphatic carbocycles. The molecule has 0 N–H and O–H groups in total. The van der Waals surface area contributed by atoms with Crippen LogP contribution in [0.3, 0.4) is 0 Å². The standard InChI is InChI=1S/C16H26BO2Si.3C4H9.Sn/c1-15(2)16(3,4)19-17(18-15)12-13-20(5,6)14-10-8-7-9-11-14;3*1-3-4-2;/h7-11,13H,12H2,1-6H3;3*1,3-4H2,2H3;. The van der Waals surface area contributed by atoms with Crippen molar-refractivity contribution in [1.29, 1.82) is 0 Å². The Bertz CT molecular complexity index is 669. The van der Waals surface area contributed by atoms with E-state index in [2.05, 4.69) is 91.9 Å². The van der Waals surface area contributed by atoms with Crippen molar-refractivity contribution in [2.45, 2.75) is 134 Å². The zero-order chi connectivity index (χ0) is 24.8. The van der Waals surface area contributed by atoms with Crippen LogP contribution in [0.4, 0.5) is 0 Å². The van der Waals surface area contributed by atoms with Gasteiger partial charge in [0, 0.05) is 0 Å². The molecule has 1 unspecified atom stereocenters. The summed E-state index contributed by atoms with van der Waals surface area (Å²) in [6.07, 6.45) is 9.36. The van der Waals surface area contributed by atoms with E-state index < -0.39 is 26.5 Å². The zero-order valence-corrected chi connectivity index (χ0v) is 27.3. The third-order valence-corrected chi connectivity index (χ3v) is 39.5. The van der Waals surface area contributed by atoms with E-state index in [1.165, 1.54) is 38.5 Å². The summed E-state index contributed by atoms with van der Waals surface area (Å²) in [7, 11) is -1.78. The molecule has 1 aliphatic heterocycles. The molecule has 0 amide bonds. The van der Waals surface area contributed by atoms with Gasteiger partial charge in [-0.15, -0.1) is 0 Å². The van der Waals surface area contributed by atoms with Gasteiger partial charge in [0.2, 0.25) is 0 Å². The summed E-state index contributed by atoms with van der Waals surface area (Å²) in [6, 6.07) is 11.6. The van der Waals surface area contributed by atoms with Gasteiger partial charge in [-0.05, 0) is 0 Å². The van der Waals surface area contributed by atoms with Gasteiger partial charge in [0.25, 0.3) is 0 Å². The summed E-state index contributed by atoms with van der Waals surface area (Å²) in [5.41, 5.74) is -0.482. The van der Waals surface area contributed by atoms with Gasteiger partial charge in [0.1, 0.15) is 0 Å². The second-order valence-electron chi connectivity index (χ2n) is 12.2. The predicted molar refractivity (Wildman–Crippen MR) is 153 cm³/mol. The fourth-order valence-electron chi connectivity index (χ4n) is 6.12. The van der Waals surface area contributed by atoms with Crippen LogP contribution in [0.2, 0.25) is 36.3 Å². The summed E-state index contributed by atoms with van der Waals surface area (Å²) in [5, 5.41) is 1.64. The van der Waals surface area contributed by atoms with Crippen LogP contribution in [-0.2, 0) is 9.31 Å². The van der Waals surface area contributed by atoms with Crippen LogP contribution >= 0.6 is 0 Å². The van der Waals surface area contributed by atoms with E-state index in [1.807, 2.05) is 0 Å². The van der Waals surface area contributed by atoms with Crippen molar-refractivity contribution in [2.75, 3.05) is 0 Å². The van der Waals surface area contributed by atoms with Gasteiger partial charge in [-0.2, -0.15) is 0 Å². The molecule has 0 spiro atoms. The van der Waals surface area contributed by atoms with Gasteiger partial charge >= 0.3 is 213 Å². The molecule has 2 nitrogen and oxygen atoms in total. The third-order valence-electron chi connectivity index (χ3n) is 8.94. The van der Waals surface area contributed by atoms with Crippen LogP contribution in [0.1, 0.15) is 87.0 Å². The van der Waals surface area contributed by atoms with Gasteiger partial charge in [0.15, 0.2) is 0 Å². The molecular formula is C28H53BO2SiSn. The van der Waals surface area contributed by atoms with Crippen LogP contribution in [0.25, 0.3) is 0 Å². The zero-order valence-electron chi connectivity index (χ0n) is 23.4. The van der Waals surface area contributed by atoms with E-state index in [9.17, 15) is 0 Å². The van der Waals surface area contributed by atoms with Crippen molar-refractivity contribution in [1.82, 2.24) is 0 Å². The second kappa shape index (κ2) is 12.5. The molecule has 1 heterocycles. The molecule has 1 aromatic carbocycles. The quantitative estimate of drug-likeness (QED) is 0.206. The van der Waals surface area contributed by atoms with E-state index in [-0.39, 0.29) is 18.3 Å². The van der Waals surface area contributed by atoms with Crippen LogP contribution in [0.5, 0.6) is 0 Å². The molecule has 0 saturated carbocycles. The number of hydrogen-bond donors (Lipinski definition) is 0. The second-order valence-corrected chi connectivity index (χ2v) is 32.6. The SMILES string of the molecule is CCC[CH2][Sn]([CH2]CCC)([CH2]CCC)[CH](CB1OC(C)(C)C(C)(C)O1)[Si](C)(C)c1ccccc1. The maximum absolute atomic E-state index is 6.67. The van der Waals surface area contributed by atoms with Crippen LogP contribution in [-0.4, -0.2) is 44.8 Å². The summed E-state index contributed by atoms with van der Waals surface area (Å²) in [6.45, 7) is 21.4. The van der Waals surface area contributed by atoms with Gasteiger partial charge in [-0.3, -0.25) is 0 Å². The summed E-state index contributed by atoms with van der Waals surface area (Å²) in [5.74, 6) is 0. The molecule has 1 aromatic rings. The Kier molecular flexibility index (Phi) is 11.1. The third kappa shape index (κ3) is 7.13. The van der Waals surface area contributed by atoms with Crippen molar-refractivity contribution in [3.63, 3.8) is 0 Å². The molecule has 188 valence electrons. The van der Waals surface area contributed by atoms with Crippen LogP contribution in [0.15, 0.2) is 30.3 Å². The van der Waals surface area contributed by atoms with E-state index in [4.69, 9.17) is 9.31 Å². The summed E-state index contributed by atoms with van der Waals surface area (Å²) >= 11 is -2.56. The van der Waals surface area contributed by atoms with E-state index in [1.54, 1.807) is 18.5 Å². The average Bonchev–Trinajstić information content (AvgIpc) is 2.98. The van der Waals surface area contributed by atoms with Crippen molar-refractivity contribution in [3.05, 3.63) is 30.3 Å². The van der Waals surface area contributed by atoms with E-state index in [0.29, 0.717) is 0 Å². The minimum atomic E-state index is -2.56. The van der Waals surface area contributed by atoms with Crippen molar-refractivity contribution in [2.24, 2.45) is 0 Å². The first-order valence-corrected chi connectivity index (χ1v) is 24.6. The van der Waals surface area contributed by atoms with Gasteiger partial charge in [0.05, 0.1) is 0 Å². The first-order valence-electron chi connectivity index (χ1n) is 13.9. The molecule has 1 aliphatic rings. The van der Waals surface area contributed by atoms with Crippen LogP contribution in [0, 0.1) is 0 Å². The minimum absolute atomic E-state index is 0.0589. The Hall–Kier alpha value is 0.221. The van der Waals surface area contributed by atoms with E-state index >= 15 is 0 Å². The first kappa shape index (κ1) is 29.5. The molecule has 33 heavy (non-hydrogen) atoms. The number of hydrogen-bond acceptors (Lipinski definition) is 2. The Balaban J connectivity index is 2.55. The average molecular weight is 579 g/mol. The Morgan fingerprint density at radius 2 is 1.21 bits per heavy atom. The Morgan fingerprint density at radius 1 is 0.788 bits per heavy atom. The predicted octanol–water partition coefficient (Wildman–Crippen LogP) is 8.45. The van der Waals surface area contributed by atoms with Crippen molar-refractivity contribution in [3.8, 4) is 0 Å². The number of rotatable bonds is 14. The van der Waals surface area contributed by atoms with E-state index in [0.717, 1.165) is 9.88 Å². The monoisotopic (exact) mass is 580 g/mol. The Morgan fingerprint density at radius 3 is 1.61 bits per heavy atom. The molecule has 0 bridgehead atoms. The topological polar surface area (TPSA) is 18.5 Å². The van der Waals surface area contributed by atoms with Gasteiger partial charge < -0.3 is 0 Å². The molecule has 2 rings (SSSR count). The summed E-state index contributed by atoms with van der Waals surface area (Å²) < 4.78 is 18.8. The molecule has 5 heteroatoms. The summed E-state index contributed by atoms with van der Waals surface area (Å²) in [4.78, 5) is 0. The fourth-order valence-corrected chi connectivity index (χ4v) is 43.5. The molecule has 1 saturated heterocycles. The van der Waals surface area contributed by atoms with Crippen LogP contribution < -0.4 is 5.19 Å². The number of unbranched alkanes of at least 4 members (excludes halogenated alkanes) is 3.